The van der Waals surface area contributed by atoms with Crippen LogP contribution in [0.2, 0.25) is 0 Å². The Labute approximate surface area is 132 Å². The van der Waals surface area contributed by atoms with E-state index < -0.39 is 0 Å². The molecule has 1 aromatic rings. The summed E-state index contributed by atoms with van der Waals surface area (Å²) in [5.74, 6) is 0.984. The molecule has 1 N–H and O–H groups in total. The molecular weight excluding hydrogens is 278 g/mol. The Morgan fingerprint density at radius 1 is 1.36 bits per heavy atom. The summed E-state index contributed by atoms with van der Waals surface area (Å²) in [6.07, 6.45) is 5.45. The van der Waals surface area contributed by atoms with Crippen molar-refractivity contribution in [1.82, 2.24) is 19.8 Å². The van der Waals surface area contributed by atoms with Gasteiger partial charge in [0.05, 0.1) is 0 Å². The summed E-state index contributed by atoms with van der Waals surface area (Å²) in [6.45, 7) is 7.02. The summed E-state index contributed by atoms with van der Waals surface area (Å²) in [5, 5.41) is 2.89. The predicted octanol–water partition coefficient (Wildman–Crippen LogP) is 1.60. The van der Waals surface area contributed by atoms with Crippen LogP contribution in [-0.2, 0) is 11.3 Å². The second kappa shape index (κ2) is 7.54. The standard InChI is InChI=1S/C16H27N5O/c1-12(2)21-7-5-14(6-8-21)15(22)20(4)11-13-9-18-16(17-3)19-10-13/h9-10,12,14H,5-8,11H2,1-4H3,(H,17,18,19). The first-order valence-corrected chi connectivity index (χ1v) is 7.99. The van der Waals surface area contributed by atoms with Gasteiger partial charge in [0.2, 0.25) is 11.9 Å². The lowest BCUT2D eigenvalue weighted by molar-refractivity contribution is -0.136. The zero-order valence-electron chi connectivity index (χ0n) is 14.0. The van der Waals surface area contributed by atoms with Gasteiger partial charge in [-0.05, 0) is 39.8 Å². The highest BCUT2D eigenvalue weighted by molar-refractivity contribution is 5.78. The lowest BCUT2D eigenvalue weighted by Gasteiger charge is -2.35. The third kappa shape index (κ3) is 4.16. The van der Waals surface area contributed by atoms with E-state index in [4.69, 9.17) is 0 Å². The van der Waals surface area contributed by atoms with Crippen molar-refractivity contribution in [2.45, 2.75) is 39.3 Å². The van der Waals surface area contributed by atoms with Crippen molar-refractivity contribution < 1.29 is 4.79 Å². The van der Waals surface area contributed by atoms with E-state index in [2.05, 4.69) is 34.0 Å². The number of hydrogen-bond acceptors (Lipinski definition) is 5. The van der Waals surface area contributed by atoms with Gasteiger partial charge in [-0.25, -0.2) is 9.97 Å². The molecule has 1 amide bonds. The molecule has 1 aromatic heterocycles. The average molecular weight is 305 g/mol. The van der Waals surface area contributed by atoms with Crippen LogP contribution < -0.4 is 5.32 Å². The summed E-state index contributed by atoms with van der Waals surface area (Å²) in [5.41, 5.74) is 0.953. The number of nitrogens with zero attached hydrogens (tertiary/aromatic N) is 4. The number of aromatic nitrogens is 2. The molecule has 2 rings (SSSR count). The molecule has 22 heavy (non-hydrogen) atoms. The van der Waals surface area contributed by atoms with Crippen molar-refractivity contribution in [3.05, 3.63) is 18.0 Å². The smallest absolute Gasteiger partial charge is 0.225 e. The SMILES string of the molecule is CNc1ncc(CN(C)C(=O)C2CCN(C(C)C)CC2)cn1. The van der Waals surface area contributed by atoms with Crippen molar-refractivity contribution in [3.8, 4) is 0 Å². The van der Waals surface area contributed by atoms with Gasteiger partial charge in [-0.2, -0.15) is 0 Å². The van der Waals surface area contributed by atoms with E-state index in [9.17, 15) is 4.79 Å². The number of amides is 1. The van der Waals surface area contributed by atoms with Crippen molar-refractivity contribution >= 4 is 11.9 Å². The molecule has 1 saturated heterocycles. The molecule has 1 fully saturated rings. The molecule has 2 heterocycles. The van der Waals surface area contributed by atoms with Crippen LogP contribution in [0.4, 0.5) is 5.95 Å². The minimum atomic E-state index is 0.150. The van der Waals surface area contributed by atoms with E-state index >= 15 is 0 Å². The van der Waals surface area contributed by atoms with Gasteiger partial charge in [-0.15, -0.1) is 0 Å². The predicted molar refractivity (Wildman–Crippen MR) is 87.5 cm³/mol. The van der Waals surface area contributed by atoms with Crippen LogP contribution >= 0.6 is 0 Å². The molecule has 0 aromatic carbocycles. The van der Waals surface area contributed by atoms with Gasteiger partial charge in [-0.1, -0.05) is 0 Å². The van der Waals surface area contributed by atoms with Crippen LogP contribution in [0.15, 0.2) is 12.4 Å². The molecule has 6 nitrogen and oxygen atoms in total. The number of carbonyl (C=O) groups excluding carboxylic acids is 1. The topological polar surface area (TPSA) is 61.4 Å². The van der Waals surface area contributed by atoms with E-state index in [0.29, 0.717) is 18.5 Å². The Morgan fingerprint density at radius 3 is 2.45 bits per heavy atom. The molecule has 0 aliphatic carbocycles. The lowest BCUT2D eigenvalue weighted by Crippen LogP contribution is -2.43. The van der Waals surface area contributed by atoms with Gasteiger partial charge in [0.1, 0.15) is 0 Å². The molecule has 0 saturated carbocycles. The maximum atomic E-state index is 12.6. The second-order valence-corrected chi connectivity index (χ2v) is 6.26. The van der Waals surface area contributed by atoms with Gasteiger partial charge in [0.25, 0.3) is 0 Å². The molecule has 122 valence electrons. The second-order valence-electron chi connectivity index (χ2n) is 6.26. The minimum Gasteiger partial charge on any atom is -0.357 e. The summed E-state index contributed by atoms with van der Waals surface area (Å²) >= 11 is 0. The third-order valence-electron chi connectivity index (χ3n) is 4.33. The maximum Gasteiger partial charge on any atom is 0.225 e. The van der Waals surface area contributed by atoms with E-state index in [-0.39, 0.29) is 11.8 Å². The van der Waals surface area contributed by atoms with Crippen LogP contribution in [0, 0.1) is 5.92 Å². The number of rotatable bonds is 5. The molecule has 6 heteroatoms. The van der Waals surface area contributed by atoms with Gasteiger partial charge in [-0.3, -0.25) is 4.79 Å². The zero-order valence-corrected chi connectivity index (χ0v) is 14.0. The Hall–Kier alpha value is -1.69. The average Bonchev–Trinajstić information content (AvgIpc) is 2.55. The van der Waals surface area contributed by atoms with E-state index in [1.807, 2.05) is 7.05 Å². The highest BCUT2D eigenvalue weighted by atomic mass is 16.2. The molecule has 1 aliphatic heterocycles. The first kappa shape index (κ1) is 16.7. The number of piperidine rings is 1. The first-order valence-electron chi connectivity index (χ1n) is 7.99. The van der Waals surface area contributed by atoms with Crippen LogP contribution in [0.3, 0.4) is 0 Å². The summed E-state index contributed by atoms with van der Waals surface area (Å²) < 4.78 is 0. The number of carbonyl (C=O) groups is 1. The van der Waals surface area contributed by atoms with Crippen molar-refractivity contribution in [1.29, 1.82) is 0 Å². The van der Waals surface area contributed by atoms with Crippen molar-refractivity contribution in [2.75, 3.05) is 32.5 Å². The van der Waals surface area contributed by atoms with Crippen LogP contribution in [0.1, 0.15) is 32.3 Å². The molecule has 0 unspecified atom stereocenters. The largest absolute Gasteiger partial charge is 0.357 e. The van der Waals surface area contributed by atoms with E-state index in [1.165, 1.54) is 0 Å². The van der Waals surface area contributed by atoms with E-state index in [1.54, 1.807) is 24.3 Å². The normalized spacial score (nSPS) is 16.8. The maximum absolute atomic E-state index is 12.6. The van der Waals surface area contributed by atoms with Gasteiger partial charge < -0.3 is 15.1 Å². The fraction of sp³-hybridized carbons (Fsp3) is 0.688. The van der Waals surface area contributed by atoms with Gasteiger partial charge in [0.15, 0.2) is 0 Å². The highest BCUT2D eigenvalue weighted by Gasteiger charge is 2.27. The molecule has 0 bridgehead atoms. The van der Waals surface area contributed by atoms with Gasteiger partial charge >= 0.3 is 0 Å². The lowest BCUT2D eigenvalue weighted by atomic mass is 9.94. The Kier molecular flexibility index (Phi) is 5.71. The van der Waals surface area contributed by atoms with Gasteiger partial charge in [0, 0.05) is 50.6 Å². The zero-order chi connectivity index (χ0) is 16.1. The quantitative estimate of drug-likeness (QED) is 0.895. The third-order valence-corrected chi connectivity index (χ3v) is 4.33. The van der Waals surface area contributed by atoms with Crippen LogP contribution in [0.25, 0.3) is 0 Å². The Bertz CT molecular complexity index is 480. The summed E-state index contributed by atoms with van der Waals surface area (Å²) in [4.78, 5) is 25.2. The fourth-order valence-electron chi connectivity index (χ4n) is 2.89. The van der Waals surface area contributed by atoms with Crippen LogP contribution in [0.5, 0.6) is 0 Å². The number of likely N-dealkylation sites (tertiary alicyclic amines) is 1. The minimum absolute atomic E-state index is 0.150. The van der Waals surface area contributed by atoms with E-state index in [0.717, 1.165) is 31.5 Å². The summed E-state index contributed by atoms with van der Waals surface area (Å²) in [6, 6.07) is 0.566. The van der Waals surface area contributed by atoms with Crippen LogP contribution in [-0.4, -0.2) is 58.9 Å². The molecule has 0 radical (unpaired) electrons. The molecular formula is C16H27N5O. The Balaban J connectivity index is 1.86. The molecule has 0 atom stereocenters. The fourth-order valence-corrected chi connectivity index (χ4v) is 2.89. The van der Waals surface area contributed by atoms with Crippen molar-refractivity contribution in [2.24, 2.45) is 5.92 Å². The number of nitrogens with one attached hydrogen (secondary N) is 1. The first-order chi connectivity index (χ1) is 10.5. The highest BCUT2D eigenvalue weighted by Crippen LogP contribution is 2.21. The summed E-state index contributed by atoms with van der Waals surface area (Å²) in [7, 11) is 3.65. The molecule has 1 aliphatic rings. The Morgan fingerprint density at radius 2 is 1.95 bits per heavy atom. The van der Waals surface area contributed by atoms with Crippen molar-refractivity contribution in [3.63, 3.8) is 0 Å². The molecule has 0 spiro atoms. The monoisotopic (exact) mass is 305 g/mol. The number of hydrogen-bond donors (Lipinski definition) is 1. The number of anilines is 1.